The molecule has 2 unspecified atom stereocenters. The molecule has 1 aliphatic rings. The summed E-state index contributed by atoms with van der Waals surface area (Å²) in [5.74, 6) is 0. The van der Waals surface area contributed by atoms with Gasteiger partial charge in [-0.1, -0.05) is 25.7 Å². The second-order valence-corrected chi connectivity index (χ2v) is 4.28. The topological polar surface area (TPSA) is 29.5 Å². The van der Waals surface area contributed by atoms with Gasteiger partial charge < -0.3 is 9.84 Å². The van der Waals surface area contributed by atoms with E-state index in [0.717, 1.165) is 19.3 Å². The van der Waals surface area contributed by atoms with E-state index < -0.39 is 0 Å². The summed E-state index contributed by atoms with van der Waals surface area (Å²) in [4.78, 5) is 0. The van der Waals surface area contributed by atoms with Crippen molar-refractivity contribution in [2.45, 2.75) is 70.7 Å². The number of aliphatic hydroxyl groups is 1. The summed E-state index contributed by atoms with van der Waals surface area (Å²) < 4.78 is 5.69. The van der Waals surface area contributed by atoms with Gasteiger partial charge in [-0.2, -0.15) is 0 Å². The first-order chi connectivity index (χ1) is 6.20. The van der Waals surface area contributed by atoms with Crippen LogP contribution in [-0.2, 0) is 4.74 Å². The average molecular weight is 186 g/mol. The van der Waals surface area contributed by atoms with Crippen molar-refractivity contribution in [3.63, 3.8) is 0 Å². The molecule has 0 saturated heterocycles. The van der Waals surface area contributed by atoms with Crippen LogP contribution in [0.5, 0.6) is 0 Å². The summed E-state index contributed by atoms with van der Waals surface area (Å²) in [6.07, 6.45) is 6.95. The van der Waals surface area contributed by atoms with Crippen molar-refractivity contribution in [2.75, 3.05) is 0 Å². The molecule has 0 spiro atoms. The summed E-state index contributed by atoms with van der Waals surface area (Å²) in [7, 11) is 0. The summed E-state index contributed by atoms with van der Waals surface area (Å²) >= 11 is 0. The molecule has 1 N–H and O–H groups in total. The van der Waals surface area contributed by atoms with Gasteiger partial charge in [-0.15, -0.1) is 0 Å². The van der Waals surface area contributed by atoms with Gasteiger partial charge in [-0.05, 0) is 26.7 Å². The summed E-state index contributed by atoms with van der Waals surface area (Å²) in [6.45, 7) is 4.07. The van der Waals surface area contributed by atoms with E-state index in [0.29, 0.717) is 0 Å². The van der Waals surface area contributed by atoms with Crippen LogP contribution >= 0.6 is 0 Å². The number of rotatable bonds is 2. The van der Waals surface area contributed by atoms with Gasteiger partial charge in [-0.25, -0.2) is 0 Å². The van der Waals surface area contributed by atoms with Gasteiger partial charge in [0.2, 0.25) is 0 Å². The Morgan fingerprint density at radius 1 is 1.08 bits per heavy atom. The molecule has 1 aliphatic carbocycles. The Bertz CT molecular complexity index is 134. The monoisotopic (exact) mass is 186 g/mol. The third-order valence-electron chi connectivity index (χ3n) is 2.61. The van der Waals surface area contributed by atoms with E-state index in [-0.39, 0.29) is 18.3 Å². The van der Waals surface area contributed by atoms with E-state index >= 15 is 0 Å². The molecule has 1 saturated carbocycles. The minimum absolute atomic E-state index is 0.0836. The zero-order chi connectivity index (χ0) is 9.68. The van der Waals surface area contributed by atoms with Gasteiger partial charge in [0.15, 0.2) is 0 Å². The Morgan fingerprint density at radius 3 is 2.31 bits per heavy atom. The van der Waals surface area contributed by atoms with E-state index in [4.69, 9.17) is 4.74 Å². The van der Waals surface area contributed by atoms with Gasteiger partial charge >= 0.3 is 0 Å². The molecule has 0 aliphatic heterocycles. The van der Waals surface area contributed by atoms with Crippen molar-refractivity contribution in [3.8, 4) is 0 Å². The van der Waals surface area contributed by atoms with E-state index in [1.165, 1.54) is 19.3 Å². The number of aliphatic hydroxyl groups excluding tert-OH is 1. The maximum absolute atomic E-state index is 9.80. The lowest BCUT2D eigenvalue weighted by Gasteiger charge is -2.27. The van der Waals surface area contributed by atoms with Gasteiger partial charge in [0.25, 0.3) is 0 Å². The fraction of sp³-hybridized carbons (Fsp3) is 1.00. The van der Waals surface area contributed by atoms with Crippen LogP contribution in [0.2, 0.25) is 0 Å². The lowest BCUT2D eigenvalue weighted by atomic mass is 9.96. The predicted octanol–water partition coefficient (Wildman–Crippen LogP) is 2.50. The van der Waals surface area contributed by atoms with Crippen molar-refractivity contribution in [1.82, 2.24) is 0 Å². The number of hydrogen-bond donors (Lipinski definition) is 1. The third kappa shape index (κ3) is 4.10. The first-order valence-corrected chi connectivity index (χ1v) is 5.53. The van der Waals surface area contributed by atoms with Crippen molar-refractivity contribution < 1.29 is 9.84 Å². The molecular weight excluding hydrogens is 164 g/mol. The molecule has 13 heavy (non-hydrogen) atoms. The molecular formula is C11H22O2. The molecule has 2 atom stereocenters. The van der Waals surface area contributed by atoms with E-state index in [1.54, 1.807) is 0 Å². The molecule has 0 amide bonds. The maximum atomic E-state index is 9.80. The maximum Gasteiger partial charge on any atom is 0.0837 e. The molecule has 0 radical (unpaired) electrons. The highest BCUT2D eigenvalue weighted by molar-refractivity contribution is 4.72. The Kier molecular flexibility index (Phi) is 4.74. The molecule has 0 aromatic rings. The van der Waals surface area contributed by atoms with Crippen LogP contribution in [0.4, 0.5) is 0 Å². The lowest BCUT2D eigenvalue weighted by molar-refractivity contribution is -0.0747. The minimum Gasteiger partial charge on any atom is -0.390 e. The minimum atomic E-state index is -0.234. The zero-order valence-electron chi connectivity index (χ0n) is 8.83. The predicted molar refractivity (Wildman–Crippen MR) is 53.7 cm³/mol. The molecule has 1 fully saturated rings. The van der Waals surface area contributed by atoms with Crippen LogP contribution in [0.3, 0.4) is 0 Å². The van der Waals surface area contributed by atoms with Crippen molar-refractivity contribution in [3.05, 3.63) is 0 Å². The molecule has 0 aromatic heterocycles. The van der Waals surface area contributed by atoms with Crippen LogP contribution in [0.25, 0.3) is 0 Å². The van der Waals surface area contributed by atoms with Crippen molar-refractivity contribution in [1.29, 1.82) is 0 Å². The number of ether oxygens (including phenoxy) is 1. The molecule has 2 heteroatoms. The van der Waals surface area contributed by atoms with E-state index in [9.17, 15) is 5.11 Å². The summed E-state index contributed by atoms with van der Waals surface area (Å²) in [6, 6.07) is 0. The van der Waals surface area contributed by atoms with Gasteiger partial charge in [-0.3, -0.25) is 0 Å². The van der Waals surface area contributed by atoms with Crippen LogP contribution in [0.1, 0.15) is 52.4 Å². The third-order valence-corrected chi connectivity index (χ3v) is 2.61. The largest absolute Gasteiger partial charge is 0.390 e. The van der Waals surface area contributed by atoms with Gasteiger partial charge in [0, 0.05) is 0 Å². The first kappa shape index (κ1) is 11.0. The van der Waals surface area contributed by atoms with Crippen molar-refractivity contribution in [2.24, 2.45) is 0 Å². The van der Waals surface area contributed by atoms with Crippen molar-refractivity contribution >= 4 is 0 Å². The standard InChI is InChI=1S/C11H22O2/c1-9(2)13-11-8-6-4-3-5-7-10(11)12/h9-12H,3-8H2,1-2H3. The second-order valence-electron chi connectivity index (χ2n) is 4.28. The Labute approximate surface area is 81.3 Å². The van der Waals surface area contributed by atoms with Crippen LogP contribution in [-0.4, -0.2) is 23.4 Å². The van der Waals surface area contributed by atoms with Crippen LogP contribution < -0.4 is 0 Å². The smallest absolute Gasteiger partial charge is 0.0837 e. The molecule has 78 valence electrons. The normalized spacial score (nSPS) is 31.4. The second kappa shape index (κ2) is 5.61. The van der Waals surface area contributed by atoms with Gasteiger partial charge in [0.1, 0.15) is 0 Å². The molecule has 0 heterocycles. The zero-order valence-corrected chi connectivity index (χ0v) is 8.83. The van der Waals surface area contributed by atoms with E-state index in [2.05, 4.69) is 0 Å². The fourth-order valence-electron chi connectivity index (χ4n) is 1.94. The fourth-order valence-corrected chi connectivity index (χ4v) is 1.94. The van der Waals surface area contributed by atoms with Crippen LogP contribution in [0.15, 0.2) is 0 Å². The highest BCUT2D eigenvalue weighted by Gasteiger charge is 2.21. The highest BCUT2D eigenvalue weighted by atomic mass is 16.5. The molecule has 0 bridgehead atoms. The number of hydrogen-bond acceptors (Lipinski definition) is 2. The highest BCUT2D eigenvalue weighted by Crippen LogP contribution is 2.20. The lowest BCUT2D eigenvalue weighted by Crippen LogP contribution is -2.32. The molecule has 1 rings (SSSR count). The summed E-state index contributed by atoms with van der Waals surface area (Å²) in [5, 5.41) is 9.80. The quantitative estimate of drug-likeness (QED) is 0.718. The SMILES string of the molecule is CC(C)OC1CCCCCCC1O. The average Bonchev–Trinajstić information content (AvgIpc) is 2.04. The Morgan fingerprint density at radius 2 is 1.69 bits per heavy atom. The van der Waals surface area contributed by atoms with Gasteiger partial charge in [0.05, 0.1) is 18.3 Å². The Hall–Kier alpha value is -0.0800. The van der Waals surface area contributed by atoms with Crippen LogP contribution in [0, 0.1) is 0 Å². The summed E-state index contributed by atoms with van der Waals surface area (Å²) in [5.41, 5.74) is 0. The Balaban J connectivity index is 2.37. The molecule has 0 aromatic carbocycles. The van der Waals surface area contributed by atoms with E-state index in [1.807, 2.05) is 13.8 Å². The first-order valence-electron chi connectivity index (χ1n) is 5.53. The molecule has 2 nitrogen and oxygen atoms in total.